The van der Waals surface area contributed by atoms with Crippen molar-refractivity contribution in [3.8, 4) is 0 Å². The lowest BCUT2D eigenvalue weighted by Crippen LogP contribution is -2.39. The van der Waals surface area contributed by atoms with Crippen molar-refractivity contribution in [3.63, 3.8) is 0 Å². The van der Waals surface area contributed by atoms with Crippen LogP contribution in [0, 0.1) is 11.7 Å². The van der Waals surface area contributed by atoms with Gasteiger partial charge in [-0.3, -0.25) is 9.59 Å². The molecule has 0 spiro atoms. The molecule has 2 aromatic carbocycles. The quantitative estimate of drug-likeness (QED) is 0.795. The summed E-state index contributed by atoms with van der Waals surface area (Å²) in [5.41, 5.74) is 1.80. The van der Waals surface area contributed by atoms with Crippen molar-refractivity contribution < 1.29 is 14.0 Å². The zero-order valence-corrected chi connectivity index (χ0v) is 14.6. The standard InChI is InChI=1S/C19H20ClFN2O2/c1-13(10-14-4-8-17(21)9-5-14)19(25)23-12-18(24)22-11-15-2-6-16(20)7-3-15/h2-9,13H,10-12H2,1H3,(H,22,24)(H,23,25). The molecule has 0 aromatic heterocycles. The minimum atomic E-state index is -0.311. The summed E-state index contributed by atoms with van der Waals surface area (Å²) in [6.07, 6.45) is 0.485. The molecule has 0 saturated heterocycles. The van der Waals surface area contributed by atoms with E-state index in [1.807, 2.05) is 12.1 Å². The topological polar surface area (TPSA) is 58.2 Å². The first-order valence-electron chi connectivity index (χ1n) is 7.97. The highest BCUT2D eigenvalue weighted by molar-refractivity contribution is 6.30. The smallest absolute Gasteiger partial charge is 0.239 e. The van der Waals surface area contributed by atoms with Crippen molar-refractivity contribution in [2.75, 3.05) is 6.54 Å². The van der Waals surface area contributed by atoms with Gasteiger partial charge in [0.05, 0.1) is 6.54 Å². The van der Waals surface area contributed by atoms with Gasteiger partial charge in [0.1, 0.15) is 5.82 Å². The van der Waals surface area contributed by atoms with Crippen molar-refractivity contribution in [1.82, 2.24) is 10.6 Å². The molecule has 6 heteroatoms. The van der Waals surface area contributed by atoms with Crippen LogP contribution in [0.4, 0.5) is 4.39 Å². The van der Waals surface area contributed by atoms with E-state index in [4.69, 9.17) is 11.6 Å². The number of nitrogens with one attached hydrogen (secondary N) is 2. The van der Waals surface area contributed by atoms with Crippen LogP contribution in [0.15, 0.2) is 48.5 Å². The largest absolute Gasteiger partial charge is 0.350 e. The normalized spacial score (nSPS) is 11.6. The number of amides is 2. The third kappa shape index (κ3) is 6.55. The van der Waals surface area contributed by atoms with Crippen molar-refractivity contribution in [1.29, 1.82) is 0 Å². The molecule has 0 bridgehead atoms. The molecule has 25 heavy (non-hydrogen) atoms. The molecule has 1 unspecified atom stereocenters. The Hall–Kier alpha value is -2.40. The number of benzene rings is 2. The fourth-order valence-electron chi connectivity index (χ4n) is 2.27. The molecule has 2 N–H and O–H groups in total. The van der Waals surface area contributed by atoms with Gasteiger partial charge in [-0.25, -0.2) is 4.39 Å². The molecular weight excluding hydrogens is 343 g/mol. The summed E-state index contributed by atoms with van der Waals surface area (Å²) in [6, 6.07) is 13.2. The molecule has 2 rings (SSSR count). The fourth-order valence-corrected chi connectivity index (χ4v) is 2.40. The molecule has 0 aliphatic rings. The van der Waals surface area contributed by atoms with Crippen LogP contribution < -0.4 is 10.6 Å². The van der Waals surface area contributed by atoms with Crippen molar-refractivity contribution >= 4 is 23.4 Å². The number of halogens is 2. The Morgan fingerprint density at radius 1 is 1.00 bits per heavy atom. The van der Waals surface area contributed by atoms with Crippen LogP contribution in [-0.2, 0) is 22.6 Å². The zero-order valence-electron chi connectivity index (χ0n) is 13.9. The molecule has 0 radical (unpaired) electrons. The number of hydrogen-bond donors (Lipinski definition) is 2. The maximum atomic E-state index is 12.9. The van der Waals surface area contributed by atoms with E-state index in [-0.39, 0.29) is 30.1 Å². The average Bonchev–Trinajstić information content (AvgIpc) is 2.61. The van der Waals surface area contributed by atoms with E-state index in [1.54, 1.807) is 31.2 Å². The van der Waals surface area contributed by atoms with Gasteiger partial charge in [0.25, 0.3) is 0 Å². The molecular formula is C19H20ClFN2O2. The van der Waals surface area contributed by atoms with Crippen LogP contribution in [0.3, 0.4) is 0 Å². The summed E-state index contributed by atoms with van der Waals surface area (Å²) in [4.78, 5) is 23.9. The van der Waals surface area contributed by atoms with Crippen LogP contribution in [0.2, 0.25) is 5.02 Å². The van der Waals surface area contributed by atoms with Gasteiger partial charge in [0.15, 0.2) is 0 Å². The fraction of sp³-hybridized carbons (Fsp3) is 0.263. The lowest BCUT2D eigenvalue weighted by Gasteiger charge is -2.12. The Morgan fingerprint density at radius 3 is 2.24 bits per heavy atom. The Labute approximate surface area is 151 Å². The molecule has 4 nitrogen and oxygen atoms in total. The molecule has 1 atom stereocenters. The molecule has 0 aliphatic carbocycles. The van der Waals surface area contributed by atoms with Gasteiger partial charge in [-0.2, -0.15) is 0 Å². The van der Waals surface area contributed by atoms with Gasteiger partial charge in [-0.15, -0.1) is 0 Å². The van der Waals surface area contributed by atoms with Crippen molar-refractivity contribution in [2.45, 2.75) is 19.9 Å². The molecule has 0 fully saturated rings. The second kappa shape index (κ2) is 9.18. The summed E-state index contributed by atoms with van der Waals surface area (Å²) in [6.45, 7) is 2.06. The van der Waals surface area contributed by atoms with E-state index in [9.17, 15) is 14.0 Å². The summed E-state index contributed by atoms with van der Waals surface area (Å²) in [7, 11) is 0. The molecule has 2 aromatic rings. The lowest BCUT2D eigenvalue weighted by molar-refractivity contribution is -0.128. The van der Waals surface area contributed by atoms with Crippen molar-refractivity contribution in [2.24, 2.45) is 5.92 Å². The predicted octanol–water partition coefficient (Wildman–Crippen LogP) is 3.09. The minimum absolute atomic E-state index is 0.0832. The number of rotatable bonds is 7. The number of carbonyl (C=O) groups is 2. The van der Waals surface area contributed by atoms with Gasteiger partial charge in [0.2, 0.25) is 11.8 Å². The predicted molar refractivity (Wildman–Crippen MR) is 95.6 cm³/mol. The van der Waals surface area contributed by atoms with Crippen LogP contribution in [0.5, 0.6) is 0 Å². The maximum Gasteiger partial charge on any atom is 0.239 e. The van der Waals surface area contributed by atoms with Gasteiger partial charge in [-0.05, 0) is 41.8 Å². The van der Waals surface area contributed by atoms with Crippen molar-refractivity contribution in [3.05, 3.63) is 70.5 Å². The molecule has 2 amide bonds. The highest BCUT2D eigenvalue weighted by atomic mass is 35.5. The second-order valence-electron chi connectivity index (χ2n) is 5.85. The average molecular weight is 363 g/mol. The molecule has 0 aliphatic heterocycles. The van der Waals surface area contributed by atoms with E-state index < -0.39 is 0 Å². The monoisotopic (exact) mass is 362 g/mol. The highest BCUT2D eigenvalue weighted by Gasteiger charge is 2.14. The lowest BCUT2D eigenvalue weighted by atomic mass is 10.0. The Morgan fingerprint density at radius 2 is 1.60 bits per heavy atom. The van der Waals surface area contributed by atoms with E-state index in [0.717, 1.165) is 11.1 Å². The Bertz CT molecular complexity index is 717. The first-order valence-corrected chi connectivity index (χ1v) is 8.35. The maximum absolute atomic E-state index is 12.9. The third-order valence-electron chi connectivity index (χ3n) is 3.73. The highest BCUT2D eigenvalue weighted by Crippen LogP contribution is 2.10. The number of hydrogen-bond acceptors (Lipinski definition) is 2. The Kier molecular flexibility index (Phi) is 6.95. The first kappa shape index (κ1) is 18.9. The SMILES string of the molecule is CC(Cc1ccc(F)cc1)C(=O)NCC(=O)NCc1ccc(Cl)cc1. The molecule has 0 heterocycles. The first-order chi connectivity index (χ1) is 11.9. The third-order valence-corrected chi connectivity index (χ3v) is 3.98. The minimum Gasteiger partial charge on any atom is -0.350 e. The summed E-state index contributed by atoms with van der Waals surface area (Å²) in [5.74, 6) is -1.10. The van der Waals surface area contributed by atoms with E-state index in [2.05, 4.69) is 10.6 Å². The van der Waals surface area contributed by atoms with E-state index in [1.165, 1.54) is 12.1 Å². The van der Waals surface area contributed by atoms with Crippen LogP contribution in [-0.4, -0.2) is 18.4 Å². The van der Waals surface area contributed by atoms with Gasteiger partial charge in [-0.1, -0.05) is 42.8 Å². The summed E-state index contributed by atoms with van der Waals surface area (Å²) < 4.78 is 12.9. The van der Waals surface area contributed by atoms with Crippen LogP contribution >= 0.6 is 11.6 Å². The van der Waals surface area contributed by atoms with Gasteiger partial charge < -0.3 is 10.6 Å². The van der Waals surface area contributed by atoms with Crippen LogP contribution in [0.25, 0.3) is 0 Å². The van der Waals surface area contributed by atoms with E-state index in [0.29, 0.717) is 18.0 Å². The number of carbonyl (C=O) groups excluding carboxylic acids is 2. The second-order valence-corrected chi connectivity index (χ2v) is 6.29. The molecule has 132 valence electrons. The van der Waals surface area contributed by atoms with E-state index >= 15 is 0 Å². The van der Waals surface area contributed by atoms with Gasteiger partial charge >= 0.3 is 0 Å². The van der Waals surface area contributed by atoms with Gasteiger partial charge in [0, 0.05) is 17.5 Å². The summed E-state index contributed by atoms with van der Waals surface area (Å²) in [5, 5.41) is 5.98. The Balaban J connectivity index is 1.71. The zero-order chi connectivity index (χ0) is 18.2. The molecule has 0 saturated carbocycles. The summed E-state index contributed by atoms with van der Waals surface area (Å²) >= 11 is 5.80. The van der Waals surface area contributed by atoms with Crippen LogP contribution in [0.1, 0.15) is 18.1 Å².